The fourth-order valence-corrected chi connectivity index (χ4v) is 2.73. The number of anilines is 1. The lowest BCUT2D eigenvalue weighted by Crippen LogP contribution is -2.51. The van der Waals surface area contributed by atoms with Gasteiger partial charge in [0.25, 0.3) is 0 Å². The van der Waals surface area contributed by atoms with Crippen LogP contribution in [0.5, 0.6) is 0 Å². The highest BCUT2D eigenvalue weighted by Gasteiger charge is 2.28. The van der Waals surface area contributed by atoms with Gasteiger partial charge in [-0.05, 0) is 40.2 Å². The van der Waals surface area contributed by atoms with Crippen molar-refractivity contribution < 1.29 is 0 Å². The molecule has 1 aromatic heterocycles. The maximum atomic E-state index is 4.54. The standard InChI is InChI=1S/C13H24N4/c1-4-16-10-8-15-13(16)17-9-6-5-7-12(17)11(2)14-3/h8,10-12,14H,4-7,9H2,1-3H3. The molecule has 0 aliphatic carbocycles. The zero-order chi connectivity index (χ0) is 12.3. The number of likely N-dealkylation sites (N-methyl/N-ethyl adjacent to an activating group) is 1. The molecule has 4 heteroatoms. The molecule has 4 nitrogen and oxygen atoms in total. The quantitative estimate of drug-likeness (QED) is 0.866. The Hall–Kier alpha value is -1.03. The Morgan fingerprint density at radius 1 is 1.53 bits per heavy atom. The molecule has 0 aromatic carbocycles. The fourth-order valence-electron chi connectivity index (χ4n) is 2.73. The second kappa shape index (κ2) is 5.54. The Morgan fingerprint density at radius 2 is 2.35 bits per heavy atom. The van der Waals surface area contributed by atoms with Crippen molar-refractivity contribution >= 4 is 5.95 Å². The summed E-state index contributed by atoms with van der Waals surface area (Å²) < 4.78 is 2.24. The average molecular weight is 236 g/mol. The van der Waals surface area contributed by atoms with Crippen LogP contribution in [0.25, 0.3) is 0 Å². The third-order valence-electron chi connectivity index (χ3n) is 3.87. The Kier molecular flexibility index (Phi) is 4.05. The minimum absolute atomic E-state index is 0.511. The molecule has 17 heavy (non-hydrogen) atoms. The Labute approximate surface area is 104 Å². The van der Waals surface area contributed by atoms with Gasteiger partial charge in [-0.3, -0.25) is 0 Å². The molecule has 1 aromatic rings. The maximum Gasteiger partial charge on any atom is 0.205 e. The molecule has 2 unspecified atom stereocenters. The van der Waals surface area contributed by atoms with Crippen LogP contribution in [0, 0.1) is 0 Å². The van der Waals surface area contributed by atoms with Gasteiger partial charge in [-0.1, -0.05) is 0 Å². The van der Waals surface area contributed by atoms with Gasteiger partial charge in [-0.25, -0.2) is 4.98 Å². The van der Waals surface area contributed by atoms with Crippen LogP contribution < -0.4 is 10.2 Å². The van der Waals surface area contributed by atoms with Crippen LogP contribution in [-0.2, 0) is 6.54 Å². The lowest BCUT2D eigenvalue weighted by atomic mass is 9.97. The van der Waals surface area contributed by atoms with E-state index in [1.807, 2.05) is 13.2 Å². The fraction of sp³-hybridized carbons (Fsp3) is 0.769. The molecule has 0 amide bonds. The SMILES string of the molecule is CCn1ccnc1N1CCCCC1C(C)NC. The summed E-state index contributed by atoms with van der Waals surface area (Å²) in [6.45, 7) is 6.56. The van der Waals surface area contributed by atoms with Gasteiger partial charge in [0.15, 0.2) is 0 Å². The third kappa shape index (κ3) is 2.46. The lowest BCUT2D eigenvalue weighted by molar-refractivity contribution is 0.374. The molecule has 0 saturated carbocycles. The van der Waals surface area contributed by atoms with E-state index in [4.69, 9.17) is 0 Å². The van der Waals surface area contributed by atoms with Crippen molar-refractivity contribution in [3.8, 4) is 0 Å². The topological polar surface area (TPSA) is 33.1 Å². The number of aryl methyl sites for hydroxylation is 1. The molecule has 2 heterocycles. The summed E-state index contributed by atoms with van der Waals surface area (Å²) >= 11 is 0. The monoisotopic (exact) mass is 236 g/mol. The minimum Gasteiger partial charge on any atom is -0.338 e. The largest absolute Gasteiger partial charge is 0.338 e. The third-order valence-corrected chi connectivity index (χ3v) is 3.87. The summed E-state index contributed by atoms with van der Waals surface area (Å²) in [5.41, 5.74) is 0. The average Bonchev–Trinajstić information content (AvgIpc) is 2.86. The van der Waals surface area contributed by atoms with Crippen LogP contribution in [0.1, 0.15) is 33.1 Å². The summed E-state index contributed by atoms with van der Waals surface area (Å²) in [4.78, 5) is 7.02. The van der Waals surface area contributed by atoms with Gasteiger partial charge in [0, 0.05) is 37.6 Å². The van der Waals surface area contributed by atoms with Gasteiger partial charge < -0.3 is 14.8 Å². The summed E-state index contributed by atoms with van der Waals surface area (Å²) in [6.07, 6.45) is 7.86. The molecule has 1 N–H and O–H groups in total. The van der Waals surface area contributed by atoms with Crippen LogP contribution in [-0.4, -0.2) is 35.2 Å². The molecular weight excluding hydrogens is 212 g/mol. The number of nitrogens with zero attached hydrogens (tertiary/aromatic N) is 3. The van der Waals surface area contributed by atoms with E-state index < -0.39 is 0 Å². The van der Waals surface area contributed by atoms with Gasteiger partial charge in [0.2, 0.25) is 5.95 Å². The van der Waals surface area contributed by atoms with E-state index in [0.717, 1.165) is 19.0 Å². The van der Waals surface area contributed by atoms with Gasteiger partial charge in [0.1, 0.15) is 0 Å². The van der Waals surface area contributed by atoms with E-state index in [9.17, 15) is 0 Å². The number of nitrogens with one attached hydrogen (secondary N) is 1. The number of hydrogen-bond acceptors (Lipinski definition) is 3. The molecule has 0 bridgehead atoms. The number of rotatable bonds is 4. The Bertz CT molecular complexity index is 347. The van der Waals surface area contributed by atoms with Crippen molar-refractivity contribution in [2.24, 2.45) is 0 Å². The highest BCUT2D eigenvalue weighted by molar-refractivity contribution is 5.34. The second-order valence-corrected chi connectivity index (χ2v) is 4.85. The van der Waals surface area contributed by atoms with E-state index in [-0.39, 0.29) is 0 Å². The molecule has 2 rings (SSSR count). The number of aromatic nitrogens is 2. The molecule has 0 spiro atoms. The van der Waals surface area contributed by atoms with Crippen LogP contribution in [0.3, 0.4) is 0 Å². The number of hydrogen-bond donors (Lipinski definition) is 1. The van der Waals surface area contributed by atoms with Crippen LogP contribution >= 0.6 is 0 Å². The minimum atomic E-state index is 0.511. The normalized spacial score (nSPS) is 22.8. The molecule has 96 valence electrons. The van der Waals surface area contributed by atoms with Crippen LogP contribution in [0.4, 0.5) is 5.95 Å². The molecular formula is C13H24N4. The summed E-state index contributed by atoms with van der Waals surface area (Å²) in [7, 11) is 2.05. The first-order valence-electron chi connectivity index (χ1n) is 6.73. The molecule has 1 fully saturated rings. The van der Waals surface area contributed by atoms with Crippen molar-refractivity contribution in [1.82, 2.24) is 14.9 Å². The summed E-state index contributed by atoms with van der Waals surface area (Å²) in [6, 6.07) is 1.08. The number of imidazole rings is 1. The zero-order valence-corrected chi connectivity index (χ0v) is 11.2. The zero-order valence-electron chi connectivity index (χ0n) is 11.2. The van der Waals surface area contributed by atoms with Crippen LogP contribution in [0.2, 0.25) is 0 Å². The van der Waals surface area contributed by atoms with E-state index >= 15 is 0 Å². The number of piperidine rings is 1. The van der Waals surface area contributed by atoms with Gasteiger partial charge >= 0.3 is 0 Å². The highest BCUT2D eigenvalue weighted by atomic mass is 15.3. The molecule has 1 aliphatic heterocycles. The van der Waals surface area contributed by atoms with Gasteiger partial charge in [0.05, 0.1) is 0 Å². The first-order chi connectivity index (χ1) is 8.27. The van der Waals surface area contributed by atoms with E-state index in [1.165, 1.54) is 19.3 Å². The Balaban J connectivity index is 2.21. The highest BCUT2D eigenvalue weighted by Crippen LogP contribution is 2.25. The van der Waals surface area contributed by atoms with E-state index in [0.29, 0.717) is 12.1 Å². The van der Waals surface area contributed by atoms with E-state index in [2.05, 4.69) is 39.8 Å². The summed E-state index contributed by atoms with van der Waals surface area (Å²) in [5.74, 6) is 1.14. The molecule has 2 atom stereocenters. The second-order valence-electron chi connectivity index (χ2n) is 4.85. The first kappa shape index (κ1) is 12.4. The smallest absolute Gasteiger partial charge is 0.205 e. The van der Waals surface area contributed by atoms with Crippen molar-refractivity contribution in [3.63, 3.8) is 0 Å². The van der Waals surface area contributed by atoms with Crippen molar-refractivity contribution in [3.05, 3.63) is 12.4 Å². The predicted octanol–water partition coefficient (Wildman–Crippen LogP) is 1.87. The van der Waals surface area contributed by atoms with Gasteiger partial charge in [-0.15, -0.1) is 0 Å². The molecule has 0 radical (unpaired) electrons. The van der Waals surface area contributed by atoms with E-state index in [1.54, 1.807) is 0 Å². The lowest BCUT2D eigenvalue weighted by Gasteiger charge is -2.40. The first-order valence-corrected chi connectivity index (χ1v) is 6.73. The summed E-state index contributed by atoms with van der Waals surface area (Å²) in [5, 5.41) is 3.39. The molecule has 1 aliphatic rings. The predicted molar refractivity (Wildman–Crippen MR) is 71.4 cm³/mol. The van der Waals surface area contributed by atoms with Crippen molar-refractivity contribution in [2.75, 3.05) is 18.5 Å². The maximum absolute atomic E-state index is 4.54. The van der Waals surface area contributed by atoms with Crippen LogP contribution in [0.15, 0.2) is 12.4 Å². The Morgan fingerprint density at radius 3 is 3.06 bits per heavy atom. The molecule has 1 saturated heterocycles. The van der Waals surface area contributed by atoms with Gasteiger partial charge in [-0.2, -0.15) is 0 Å². The van der Waals surface area contributed by atoms with Crippen molar-refractivity contribution in [2.45, 2.75) is 51.7 Å². The van der Waals surface area contributed by atoms with Crippen molar-refractivity contribution in [1.29, 1.82) is 0 Å².